The van der Waals surface area contributed by atoms with E-state index in [0.29, 0.717) is 18.9 Å². The highest BCUT2D eigenvalue weighted by molar-refractivity contribution is 5.87. The normalized spacial score (nSPS) is 9.31. The molecule has 16 heavy (non-hydrogen) atoms. The lowest BCUT2D eigenvalue weighted by Crippen LogP contribution is -2.03. The van der Waals surface area contributed by atoms with Crippen LogP contribution in [0.2, 0.25) is 0 Å². The number of nitrogens with two attached hydrogens (primary N) is 1. The lowest BCUT2D eigenvalue weighted by atomic mass is 10.2. The molecular weight excluding hydrogens is 230 g/mol. The number of benzene rings is 1. The molecule has 0 atom stereocenters. The summed E-state index contributed by atoms with van der Waals surface area (Å²) in [6.07, 6.45) is 1.85. The number of aromatic carboxylic acids is 1. The second kappa shape index (κ2) is 7.96. The molecule has 0 saturated heterocycles. The van der Waals surface area contributed by atoms with Crippen molar-refractivity contribution in [1.82, 2.24) is 0 Å². The monoisotopic (exact) mass is 245 g/mol. The Morgan fingerprint density at radius 3 is 2.38 bits per heavy atom. The molecule has 0 aliphatic carbocycles. The van der Waals surface area contributed by atoms with E-state index in [1.54, 1.807) is 12.1 Å². The maximum atomic E-state index is 10.6. The van der Waals surface area contributed by atoms with Crippen LogP contribution in [0.1, 0.15) is 23.2 Å². The summed E-state index contributed by atoms with van der Waals surface area (Å²) in [4.78, 5) is 10.6. The quantitative estimate of drug-likeness (QED) is 0.751. The molecule has 1 aromatic rings. The van der Waals surface area contributed by atoms with Crippen molar-refractivity contribution in [2.75, 3.05) is 13.2 Å². The van der Waals surface area contributed by atoms with Gasteiger partial charge in [0.1, 0.15) is 5.75 Å². The highest BCUT2D eigenvalue weighted by Crippen LogP contribution is 2.12. The molecule has 0 saturated carbocycles. The second-order valence-corrected chi connectivity index (χ2v) is 3.17. The van der Waals surface area contributed by atoms with Crippen molar-refractivity contribution < 1.29 is 14.6 Å². The van der Waals surface area contributed by atoms with Crippen molar-refractivity contribution in [1.29, 1.82) is 0 Å². The Bertz CT molecular complexity index is 314. The largest absolute Gasteiger partial charge is 0.494 e. The Balaban J connectivity index is 0.00000225. The Kier molecular flexibility index (Phi) is 7.33. The fourth-order valence-corrected chi connectivity index (χ4v) is 1.13. The van der Waals surface area contributed by atoms with Crippen LogP contribution < -0.4 is 10.5 Å². The molecular formula is C11H16ClNO3. The number of unbranched alkanes of at least 4 members (excludes halogenated alkanes) is 1. The van der Waals surface area contributed by atoms with Gasteiger partial charge in [-0.15, -0.1) is 12.4 Å². The van der Waals surface area contributed by atoms with Gasteiger partial charge in [-0.3, -0.25) is 0 Å². The van der Waals surface area contributed by atoms with Gasteiger partial charge in [0, 0.05) is 0 Å². The molecule has 4 nitrogen and oxygen atoms in total. The molecule has 0 aliphatic heterocycles. The van der Waals surface area contributed by atoms with Gasteiger partial charge in [-0.25, -0.2) is 4.79 Å². The summed E-state index contributed by atoms with van der Waals surface area (Å²) in [5, 5.41) is 8.67. The Morgan fingerprint density at radius 1 is 1.25 bits per heavy atom. The number of ether oxygens (including phenoxy) is 1. The second-order valence-electron chi connectivity index (χ2n) is 3.17. The van der Waals surface area contributed by atoms with Crippen molar-refractivity contribution in [3.63, 3.8) is 0 Å². The highest BCUT2D eigenvalue weighted by Gasteiger charge is 2.01. The number of hydrogen-bond donors (Lipinski definition) is 2. The molecule has 0 aromatic heterocycles. The van der Waals surface area contributed by atoms with Crippen LogP contribution in [-0.2, 0) is 0 Å². The smallest absolute Gasteiger partial charge is 0.335 e. The van der Waals surface area contributed by atoms with Gasteiger partial charge in [0.05, 0.1) is 12.2 Å². The van der Waals surface area contributed by atoms with Crippen molar-refractivity contribution in [3.05, 3.63) is 29.8 Å². The topological polar surface area (TPSA) is 72.5 Å². The average molecular weight is 246 g/mol. The van der Waals surface area contributed by atoms with Gasteiger partial charge in [-0.1, -0.05) is 0 Å². The zero-order valence-electron chi connectivity index (χ0n) is 8.89. The summed E-state index contributed by atoms with van der Waals surface area (Å²) in [6, 6.07) is 6.37. The Morgan fingerprint density at radius 2 is 1.88 bits per heavy atom. The molecule has 0 bridgehead atoms. The third-order valence-electron chi connectivity index (χ3n) is 1.97. The van der Waals surface area contributed by atoms with Crippen LogP contribution in [0.4, 0.5) is 0 Å². The van der Waals surface area contributed by atoms with Crippen LogP contribution in [0, 0.1) is 0 Å². The summed E-state index contributed by atoms with van der Waals surface area (Å²) in [6.45, 7) is 1.28. The lowest BCUT2D eigenvalue weighted by molar-refractivity contribution is 0.0697. The zero-order valence-corrected chi connectivity index (χ0v) is 9.70. The molecule has 0 spiro atoms. The summed E-state index contributed by atoms with van der Waals surface area (Å²) < 4.78 is 5.39. The molecule has 0 unspecified atom stereocenters. The van der Waals surface area contributed by atoms with Gasteiger partial charge in [0.15, 0.2) is 0 Å². The summed E-state index contributed by atoms with van der Waals surface area (Å²) in [5.74, 6) is -0.235. The predicted octanol–water partition coefficient (Wildman–Crippen LogP) is 1.92. The van der Waals surface area contributed by atoms with E-state index in [9.17, 15) is 4.79 Å². The molecule has 0 radical (unpaired) electrons. The number of hydrogen-bond acceptors (Lipinski definition) is 3. The maximum Gasteiger partial charge on any atom is 0.335 e. The van der Waals surface area contributed by atoms with Gasteiger partial charge in [-0.2, -0.15) is 0 Å². The number of carbonyl (C=O) groups is 1. The van der Waals surface area contributed by atoms with E-state index in [1.165, 1.54) is 12.1 Å². The third kappa shape index (κ3) is 5.00. The van der Waals surface area contributed by atoms with Crippen molar-refractivity contribution in [2.45, 2.75) is 12.8 Å². The van der Waals surface area contributed by atoms with Crippen LogP contribution in [-0.4, -0.2) is 24.2 Å². The van der Waals surface area contributed by atoms with Crippen molar-refractivity contribution in [3.8, 4) is 5.75 Å². The van der Waals surface area contributed by atoms with Gasteiger partial charge in [-0.05, 0) is 43.7 Å². The molecule has 3 N–H and O–H groups in total. The van der Waals surface area contributed by atoms with Gasteiger partial charge in [0.25, 0.3) is 0 Å². The standard InChI is InChI=1S/C11H15NO3.ClH/c12-7-1-2-8-15-10-5-3-9(4-6-10)11(13)14;/h3-6H,1-2,7-8,12H2,(H,13,14);1H. The van der Waals surface area contributed by atoms with Crippen LogP contribution >= 0.6 is 12.4 Å². The van der Waals surface area contributed by atoms with E-state index in [-0.39, 0.29) is 18.0 Å². The maximum absolute atomic E-state index is 10.6. The van der Waals surface area contributed by atoms with Crippen LogP contribution in [0.3, 0.4) is 0 Å². The molecule has 0 heterocycles. The molecule has 1 aromatic carbocycles. The van der Waals surface area contributed by atoms with E-state index >= 15 is 0 Å². The fraction of sp³-hybridized carbons (Fsp3) is 0.364. The summed E-state index contributed by atoms with van der Waals surface area (Å²) in [7, 11) is 0. The minimum Gasteiger partial charge on any atom is -0.494 e. The van der Waals surface area contributed by atoms with Crippen LogP contribution in [0.25, 0.3) is 0 Å². The van der Waals surface area contributed by atoms with E-state index in [1.807, 2.05) is 0 Å². The average Bonchev–Trinajstić information content (AvgIpc) is 2.25. The van der Waals surface area contributed by atoms with Crippen molar-refractivity contribution in [2.24, 2.45) is 5.73 Å². The number of rotatable bonds is 6. The first-order chi connectivity index (χ1) is 7.24. The molecule has 5 heteroatoms. The first kappa shape index (κ1) is 14.7. The fourth-order valence-electron chi connectivity index (χ4n) is 1.13. The third-order valence-corrected chi connectivity index (χ3v) is 1.97. The van der Waals surface area contributed by atoms with Gasteiger partial charge >= 0.3 is 5.97 Å². The lowest BCUT2D eigenvalue weighted by Gasteiger charge is -2.05. The van der Waals surface area contributed by atoms with Crippen molar-refractivity contribution >= 4 is 18.4 Å². The summed E-state index contributed by atoms with van der Waals surface area (Å²) >= 11 is 0. The van der Waals surface area contributed by atoms with Crippen LogP contribution in [0.15, 0.2) is 24.3 Å². The molecule has 1 rings (SSSR count). The van der Waals surface area contributed by atoms with E-state index in [0.717, 1.165) is 12.8 Å². The minimum absolute atomic E-state index is 0. The number of halogens is 1. The molecule has 0 amide bonds. The first-order valence-corrected chi connectivity index (χ1v) is 4.90. The number of carboxylic acid groups (broad SMARTS) is 1. The zero-order chi connectivity index (χ0) is 11.1. The first-order valence-electron chi connectivity index (χ1n) is 4.90. The SMILES string of the molecule is Cl.NCCCCOc1ccc(C(=O)O)cc1. The predicted molar refractivity (Wildman–Crippen MR) is 64.4 cm³/mol. The molecule has 0 fully saturated rings. The minimum atomic E-state index is -0.926. The highest BCUT2D eigenvalue weighted by atomic mass is 35.5. The van der Waals surface area contributed by atoms with E-state index < -0.39 is 5.97 Å². The molecule has 90 valence electrons. The molecule has 0 aliphatic rings. The van der Waals surface area contributed by atoms with E-state index in [4.69, 9.17) is 15.6 Å². The number of carboxylic acids is 1. The van der Waals surface area contributed by atoms with Gasteiger partial charge in [0.2, 0.25) is 0 Å². The van der Waals surface area contributed by atoms with Crippen LogP contribution in [0.5, 0.6) is 5.75 Å². The van der Waals surface area contributed by atoms with E-state index in [2.05, 4.69) is 0 Å². The Labute approximate surface area is 101 Å². The summed E-state index contributed by atoms with van der Waals surface area (Å²) in [5.41, 5.74) is 5.61. The van der Waals surface area contributed by atoms with Gasteiger partial charge < -0.3 is 15.6 Å². The Hall–Kier alpha value is -1.26.